The predicted octanol–water partition coefficient (Wildman–Crippen LogP) is 3.19. The quantitative estimate of drug-likeness (QED) is 0.836. The maximum atomic E-state index is 13.8. The van der Waals surface area contributed by atoms with Gasteiger partial charge in [-0.1, -0.05) is 18.2 Å². The van der Waals surface area contributed by atoms with E-state index in [0.29, 0.717) is 17.7 Å². The van der Waals surface area contributed by atoms with E-state index >= 15 is 0 Å². The van der Waals surface area contributed by atoms with Crippen LogP contribution in [-0.2, 0) is 4.74 Å². The molecule has 2 saturated carbocycles. The summed E-state index contributed by atoms with van der Waals surface area (Å²) < 4.78 is 19.9. The molecule has 18 heavy (non-hydrogen) atoms. The van der Waals surface area contributed by atoms with Crippen LogP contribution in [0.2, 0.25) is 0 Å². The lowest BCUT2D eigenvalue weighted by Crippen LogP contribution is -2.31. The average Bonchev–Trinajstić information content (AvgIpc) is 3.12. The van der Waals surface area contributed by atoms with Crippen molar-refractivity contribution in [3.63, 3.8) is 0 Å². The van der Waals surface area contributed by atoms with E-state index in [-0.39, 0.29) is 11.9 Å². The van der Waals surface area contributed by atoms with E-state index in [2.05, 4.69) is 5.32 Å². The van der Waals surface area contributed by atoms with Crippen molar-refractivity contribution in [3.05, 3.63) is 35.6 Å². The molecule has 3 rings (SSSR count). The molecule has 3 heteroatoms. The zero-order valence-corrected chi connectivity index (χ0v) is 10.6. The minimum atomic E-state index is -0.153. The van der Waals surface area contributed by atoms with Gasteiger partial charge in [0.1, 0.15) is 5.82 Å². The zero-order chi connectivity index (χ0) is 12.4. The highest BCUT2D eigenvalue weighted by atomic mass is 19.1. The van der Waals surface area contributed by atoms with Crippen molar-refractivity contribution >= 4 is 0 Å². The fourth-order valence-electron chi connectivity index (χ4n) is 2.27. The van der Waals surface area contributed by atoms with Gasteiger partial charge >= 0.3 is 0 Å². The minimum absolute atomic E-state index is 0.142. The first kappa shape index (κ1) is 12.1. The standard InChI is InChI=1S/C15H20FNO/c16-14-7-2-1-6-13(14)15(10-17-11-8-9-11)18-12-4-3-5-12/h1-2,6-7,11-12,15,17H,3-5,8-10H2. The van der Waals surface area contributed by atoms with E-state index in [1.54, 1.807) is 6.07 Å². The summed E-state index contributed by atoms with van der Waals surface area (Å²) >= 11 is 0. The first-order valence-electron chi connectivity index (χ1n) is 6.96. The number of rotatable bonds is 6. The van der Waals surface area contributed by atoms with Gasteiger partial charge in [0.25, 0.3) is 0 Å². The summed E-state index contributed by atoms with van der Waals surface area (Å²) in [6, 6.07) is 7.60. The van der Waals surface area contributed by atoms with Crippen LogP contribution in [-0.4, -0.2) is 18.7 Å². The second-order valence-corrected chi connectivity index (χ2v) is 5.38. The van der Waals surface area contributed by atoms with Crippen molar-refractivity contribution in [2.75, 3.05) is 6.54 Å². The van der Waals surface area contributed by atoms with Gasteiger partial charge in [0.2, 0.25) is 0 Å². The molecule has 0 aliphatic heterocycles. The van der Waals surface area contributed by atoms with Gasteiger partial charge in [-0.05, 0) is 38.2 Å². The Balaban J connectivity index is 1.67. The van der Waals surface area contributed by atoms with E-state index in [0.717, 1.165) is 19.4 Å². The molecule has 1 atom stereocenters. The Morgan fingerprint density at radius 1 is 1.22 bits per heavy atom. The fourth-order valence-corrected chi connectivity index (χ4v) is 2.27. The van der Waals surface area contributed by atoms with Gasteiger partial charge in [-0.2, -0.15) is 0 Å². The molecule has 2 aliphatic rings. The van der Waals surface area contributed by atoms with E-state index < -0.39 is 0 Å². The van der Waals surface area contributed by atoms with Crippen LogP contribution in [0.5, 0.6) is 0 Å². The molecule has 1 unspecified atom stereocenters. The van der Waals surface area contributed by atoms with Gasteiger partial charge < -0.3 is 10.1 Å². The van der Waals surface area contributed by atoms with Crippen LogP contribution in [0.1, 0.15) is 43.8 Å². The molecule has 2 nitrogen and oxygen atoms in total. The maximum absolute atomic E-state index is 13.8. The zero-order valence-electron chi connectivity index (χ0n) is 10.6. The van der Waals surface area contributed by atoms with Gasteiger partial charge in [0.05, 0.1) is 12.2 Å². The van der Waals surface area contributed by atoms with Crippen LogP contribution in [0.15, 0.2) is 24.3 Å². The maximum Gasteiger partial charge on any atom is 0.129 e. The molecule has 0 radical (unpaired) electrons. The van der Waals surface area contributed by atoms with Gasteiger partial charge in [0.15, 0.2) is 0 Å². The Kier molecular flexibility index (Phi) is 3.62. The molecule has 1 N–H and O–H groups in total. The third-order valence-corrected chi connectivity index (χ3v) is 3.83. The Hall–Kier alpha value is -0.930. The molecule has 0 bridgehead atoms. The highest BCUT2D eigenvalue weighted by Crippen LogP contribution is 2.30. The molecular weight excluding hydrogens is 229 g/mol. The van der Waals surface area contributed by atoms with Crippen LogP contribution >= 0.6 is 0 Å². The third kappa shape index (κ3) is 2.90. The smallest absolute Gasteiger partial charge is 0.129 e. The molecule has 0 saturated heterocycles. The van der Waals surface area contributed by atoms with E-state index in [1.165, 1.54) is 25.3 Å². The van der Waals surface area contributed by atoms with Crippen molar-refractivity contribution in [2.24, 2.45) is 0 Å². The Bertz CT molecular complexity index is 401. The Morgan fingerprint density at radius 2 is 2.00 bits per heavy atom. The third-order valence-electron chi connectivity index (χ3n) is 3.83. The van der Waals surface area contributed by atoms with Gasteiger partial charge in [-0.15, -0.1) is 0 Å². The van der Waals surface area contributed by atoms with Gasteiger partial charge in [-0.25, -0.2) is 4.39 Å². The number of ether oxygens (including phenoxy) is 1. The summed E-state index contributed by atoms with van der Waals surface area (Å²) in [5.41, 5.74) is 0.692. The van der Waals surface area contributed by atoms with Crippen LogP contribution in [0.3, 0.4) is 0 Å². The second kappa shape index (κ2) is 5.37. The molecule has 0 aromatic heterocycles. The Morgan fingerprint density at radius 3 is 2.61 bits per heavy atom. The molecule has 0 heterocycles. The minimum Gasteiger partial charge on any atom is -0.369 e. The second-order valence-electron chi connectivity index (χ2n) is 5.38. The average molecular weight is 249 g/mol. The highest BCUT2D eigenvalue weighted by molar-refractivity contribution is 5.20. The SMILES string of the molecule is Fc1ccccc1C(CNC1CC1)OC1CCC1. The number of hydrogen-bond acceptors (Lipinski definition) is 2. The van der Waals surface area contributed by atoms with Crippen molar-refractivity contribution in [3.8, 4) is 0 Å². The molecular formula is C15H20FNO. The number of nitrogens with one attached hydrogen (secondary N) is 1. The number of benzene rings is 1. The van der Waals surface area contributed by atoms with Crippen molar-refractivity contribution in [2.45, 2.75) is 50.4 Å². The van der Waals surface area contributed by atoms with E-state index in [9.17, 15) is 4.39 Å². The summed E-state index contributed by atoms with van der Waals surface area (Å²) in [6.07, 6.45) is 6.15. The van der Waals surface area contributed by atoms with E-state index in [4.69, 9.17) is 4.74 Å². The molecule has 2 fully saturated rings. The van der Waals surface area contributed by atoms with Crippen LogP contribution in [0.4, 0.5) is 4.39 Å². The summed E-state index contributed by atoms with van der Waals surface area (Å²) in [5, 5.41) is 3.44. The van der Waals surface area contributed by atoms with Crippen LogP contribution in [0.25, 0.3) is 0 Å². The molecule has 2 aliphatic carbocycles. The Labute approximate surface area is 108 Å². The lowest BCUT2D eigenvalue weighted by Gasteiger charge is -2.31. The van der Waals surface area contributed by atoms with Crippen molar-refractivity contribution in [1.29, 1.82) is 0 Å². The van der Waals surface area contributed by atoms with Gasteiger partial charge in [-0.3, -0.25) is 0 Å². The topological polar surface area (TPSA) is 21.3 Å². The summed E-state index contributed by atoms with van der Waals surface area (Å²) in [4.78, 5) is 0. The predicted molar refractivity (Wildman–Crippen MR) is 68.9 cm³/mol. The van der Waals surface area contributed by atoms with Crippen LogP contribution in [0, 0.1) is 5.82 Å². The fraction of sp³-hybridized carbons (Fsp3) is 0.600. The molecule has 98 valence electrons. The lowest BCUT2D eigenvalue weighted by atomic mass is 9.95. The van der Waals surface area contributed by atoms with E-state index in [1.807, 2.05) is 12.1 Å². The summed E-state index contributed by atoms with van der Waals surface area (Å²) in [7, 11) is 0. The number of halogens is 1. The molecule has 0 amide bonds. The summed E-state index contributed by atoms with van der Waals surface area (Å²) in [6.45, 7) is 0.724. The normalized spacial score (nSPS) is 21.6. The first-order chi connectivity index (χ1) is 8.83. The largest absolute Gasteiger partial charge is 0.369 e. The molecule has 1 aromatic carbocycles. The lowest BCUT2D eigenvalue weighted by molar-refractivity contribution is -0.0533. The van der Waals surface area contributed by atoms with Crippen molar-refractivity contribution < 1.29 is 9.13 Å². The monoisotopic (exact) mass is 249 g/mol. The van der Waals surface area contributed by atoms with Crippen molar-refractivity contribution in [1.82, 2.24) is 5.32 Å². The summed E-state index contributed by atoms with van der Waals surface area (Å²) in [5.74, 6) is -0.153. The number of hydrogen-bond donors (Lipinski definition) is 1. The van der Waals surface area contributed by atoms with Crippen LogP contribution < -0.4 is 5.32 Å². The molecule has 1 aromatic rings. The van der Waals surface area contributed by atoms with Gasteiger partial charge in [0, 0.05) is 18.2 Å². The molecule has 0 spiro atoms. The first-order valence-corrected chi connectivity index (χ1v) is 6.96. The highest BCUT2D eigenvalue weighted by Gasteiger charge is 2.27.